The van der Waals surface area contributed by atoms with Crippen LogP contribution in [0.4, 0.5) is 0 Å². The molecule has 0 amide bonds. The van der Waals surface area contributed by atoms with Crippen molar-refractivity contribution in [1.82, 2.24) is 5.32 Å². The van der Waals surface area contributed by atoms with Gasteiger partial charge in [-0.1, -0.05) is 64.7 Å². The summed E-state index contributed by atoms with van der Waals surface area (Å²) in [5.74, 6) is 1.04. The first-order valence-electron chi connectivity index (χ1n) is 8.20. The maximum atomic E-state index is 5.62. The van der Waals surface area contributed by atoms with Crippen molar-refractivity contribution in [2.75, 3.05) is 7.05 Å². The zero-order valence-corrected chi connectivity index (χ0v) is 14.7. The SMILES string of the molecule is CCCCCCCCCCCC(NC)c1ccc(Br)o1. The average Bonchev–Trinajstić information content (AvgIpc) is 2.87. The van der Waals surface area contributed by atoms with E-state index in [9.17, 15) is 0 Å². The molecular formula is C17H30BrNO. The summed E-state index contributed by atoms with van der Waals surface area (Å²) in [6, 6.07) is 4.38. The molecule has 1 rings (SSSR count). The van der Waals surface area contributed by atoms with Crippen LogP contribution in [0, 0.1) is 0 Å². The van der Waals surface area contributed by atoms with Gasteiger partial charge in [-0.15, -0.1) is 0 Å². The lowest BCUT2D eigenvalue weighted by Crippen LogP contribution is -2.15. The van der Waals surface area contributed by atoms with Crippen LogP contribution in [-0.2, 0) is 0 Å². The predicted octanol–water partition coefficient (Wildman–Crippen LogP) is 6.22. The van der Waals surface area contributed by atoms with Gasteiger partial charge in [0.05, 0.1) is 6.04 Å². The highest BCUT2D eigenvalue weighted by atomic mass is 79.9. The average molecular weight is 344 g/mol. The Balaban J connectivity index is 2.02. The quantitative estimate of drug-likeness (QED) is 0.455. The first-order valence-corrected chi connectivity index (χ1v) is 8.99. The summed E-state index contributed by atoms with van der Waals surface area (Å²) in [6.45, 7) is 2.27. The lowest BCUT2D eigenvalue weighted by Gasteiger charge is -2.13. The number of rotatable bonds is 12. The van der Waals surface area contributed by atoms with Crippen LogP contribution in [0.3, 0.4) is 0 Å². The molecule has 0 aromatic carbocycles. The molecule has 1 aromatic heterocycles. The van der Waals surface area contributed by atoms with Gasteiger partial charge in [-0.2, -0.15) is 0 Å². The molecule has 116 valence electrons. The van der Waals surface area contributed by atoms with Gasteiger partial charge in [0.25, 0.3) is 0 Å². The maximum Gasteiger partial charge on any atom is 0.169 e. The third-order valence-corrected chi connectivity index (χ3v) is 4.31. The summed E-state index contributed by atoms with van der Waals surface area (Å²) in [5, 5.41) is 3.34. The zero-order chi connectivity index (χ0) is 14.6. The Kier molecular flexibility index (Phi) is 10.1. The second kappa shape index (κ2) is 11.4. The fraction of sp³-hybridized carbons (Fsp3) is 0.765. The minimum Gasteiger partial charge on any atom is -0.453 e. The summed E-state index contributed by atoms with van der Waals surface area (Å²) >= 11 is 3.36. The maximum absolute atomic E-state index is 5.62. The van der Waals surface area contributed by atoms with Gasteiger partial charge in [-0.3, -0.25) is 0 Å². The molecular weight excluding hydrogens is 314 g/mol. The highest BCUT2D eigenvalue weighted by Gasteiger charge is 2.12. The molecule has 1 atom stereocenters. The van der Waals surface area contributed by atoms with E-state index in [1.165, 1.54) is 57.8 Å². The molecule has 0 saturated carbocycles. The lowest BCUT2D eigenvalue weighted by molar-refractivity contribution is 0.392. The number of unbranched alkanes of at least 4 members (excludes halogenated alkanes) is 8. The summed E-state index contributed by atoms with van der Waals surface area (Å²) in [7, 11) is 2.01. The van der Waals surface area contributed by atoms with E-state index in [1.54, 1.807) is 0 Å². The van der Waals surface area contributed by atoms with Crippen molar-refractivity contribution in [3.05, 3.63) is 22.6 Å². The molecule has 1 heterocycles. The first kappa shape index (κ1) is 17.8. The van der Waals surface area contributed by atoms with E-state index < -0.39 is 0 Å². The predicted molar refractivity (Wildman–Crippen MR) is 90.1 cm³/mol. The van der Waals surface area contributed by atoms with Crippen LogP contribution < -0.4 is 5.32 Å². The summed E-state index contributed by atoms with van der Waals surface area (Å²) < 4.78 is 6.44. The van der Waals surface area contributed by atoms with Crippen LogP contribution >= 0.6 is 15.9 Å². The number of furan rings is 1. The highest BCUT2D eigenvalue weighted by molar-refractivity contribution is 9.10. The van der Waals surface area contributed by atoms with E-state index in [-0.39, 0.29) is 0 Å². The third kappa shape index (κ3) is 7.49. The molecule has 0 spiro atoms. The van der Waals surface area contributed by atoms with Crippen molar-refractivity contribution in [3.63, 3.8) is 0 Å². The van der Waals surface area contributed by atoms with E-state index >= 15 is 0 Å². The third-order valence-electron chi connectivity index (χ3n) is 3.88. The second-order valence-corrected chi connectivity index (χ2v) is 6.38. The standard InChI is InChI=1S/C17H30BrNO/c1-3-4-5-6-7-8-9-10-11-12-15(19-2)16-13-14-17(18)20-16/h13-15,19H,3-12H2,1-2H3. The Labute approximate surface area is 132 Å². The normalized spacial score (nSPS) is 12.8. The molecule has 0 saturated heterocycles. The highest BCUT2D eigenvalue weighted by Crippen LogP contribution is 2.24. The van der Waals surface area contributed by atoms with Crippen molar-refractivity contribution in [2.24, 2.45) is 0 Å². The van der Waals surface area contributed by atoms with E-state index in [0.717, 1.165) is 16.9 Å². The number of nitrogens with one attached hydrogen (secondary N) is 1. The molecule has 20 heavy (non-hydrogen) atoms. The minimum atomic E-state index is 0.353. The topological polar surface area (TPSA) is 25.2 Å². The molecule has 1 unspecified atom stereocenters. The Morgan fingerprint density at radius 3 is 2.10 bits per heavy atom. The smallest absolute Gasteiger partial charge is 0.169 e. The Hall–Kier alpha value is -0.280. The minimum absolute atomic E-state index is 0.353. The molecule has 1 N–H and O–H groups in total. The van der Waals surface area contributed by atoms with Gasteiger partial charge in [0.15, 0.2) is 4.67 Å². The molecule has 0 fully saturated rings. The number of hydrogen-bond acceptors (Lipinski definition) is 2. The molecule has 0 radical (unpaired) electrons. The van der Waals surface area contributed by atoms with Crippen LogP contribution in [0.25, 0.3) is 0 Å². The molecule has 1 aromatic rings. The van der Waals surface area contributed by atoms with Crippen molar-refractivity contribution in [3.8, 4) is 0 Å². The Morgan fingerprint density at radius 1 is 1.00 bits per heavy atom. The summed E-state index contributed by atoms with van der Waals surface area (Å²) in [5.41, 5.74) is 0. The van der Waals surface area contributed by atoms with Crippen molar-refractivity contribution >= 4 is 15.9 Å². The van der Waals surface area contributed by atoms with Crippen LogP contribution in [0.5, 0.6) is 0 Å². The van der Waals surface area contributed by atoms with Gasteiger partial charge < -0.3 is 9.73 Å². The largest absolute Gasteiger partial charge is 0.453 e. The first-order chi connectivity index (χ1) is 9.77. The summed E-state index contributed by atoms with van der Waals surface area (Å²) in [6.07, 6.45) is 13.6. The van der Waals surface area contributed by atoms with Crippen molar-refractivity contribution < 1.29 is 4.42 Å². The lowest BCUT2D eigenvalue weighted by atomic mass is 10.0. The van der Waals surface area contributed by atoms with Crippen LogP contribution in [0.1, 0.15) is 82.9 Å². The van der Waals surface area contributed by atoms with Crippen LogP contribution in [0.15, 0.2) is 21.2 Å². The van der Waals surface area contributed by atoms with Crippen LogP contribution in [-0.4, -0.2) is 7.05 Å². The zero-order valence-electron chi connectivity index (χ0n) is 13.1. The number of hydrogen-bond donors (Lipinski definition) is 1. The van der Waals surface area contributed by atoms with Crippen molar-refractivity contribution in [2.45, 2.75) is 77.2 Å². The van der Waals surface area contributed by atoms with Gasteiger partial charge in [-0.05, 0) is 41.5 Å². The fourth-order valence-electron chi connectivity index (χ4n) is 2.60. The van der Waals surface area contributed by atoms with Crippen molar-refractivity contribution in [1.29, 1.82) is 0 Å². The van der Waals surface area contributed by atoms with E-state index in [0.29, 0.717) is 6.04 Å². The van der Waals surface area contributed by atoms with Gasteiger partial charge in [-0.25, -0.2) is 0 Å². The van der Waals surface area contributed by atoms with E-state index in [2.05, 4.69) is 34.2 Å². The Morgan fingerprint density at radius 2 is 1.60 bits per heavy atom. The van der Waals surface area contributed by atoms with Gasteiger partial charge in [0, 0.05) is 0 Å². The molecule has 3 heteroatoms. The monoisotopic (exact) mass is 343 g/mol. The van der Waals surface area contributed by atoms with Crippen LogP contribution in [0.2, 0.25) is 0 Å². The van der Waals surface area contributed by atoms with Gasteiger partial charge >= 0.3 is 0 Å². The van der Waals surface area contributed by atoms with E-state index in [1.807, 2.05) is 13.1 Å². The molecule has 0 bridgehead atoms. The molecule has 2 nitrogen and oxygen atoms in total. The van der Waals surface area contributed by atoms with Gasteiger partial charge in [0.1, 0.15) is 5.76 Å². The van der Waals surface area contributed by atoms with E-state index in [4.69, 9.17) is 4.42 Å². The Bertz CT molecular complexity index is 337. The summed E-state index contributed by atoms with van der Waals surface area (Å²) in [4.78, 5) is 0. The van der Waals surface area contributed by atoms with Gasteiger partial charge in [0.2, 0.25) is 0 Å². The molecule has 0 aliphatic rings. The second-order valence-electron chi connectivity index (χ2n) is 5.60. The fourth-order valence-corrected chi connectivity index (χ4v) is 2.92. The number of halogens is 1. The molecule has 0 aliphatic heterocycles. The molecule has 0 aliphatic carbocycles.